The first-order valence-corrected chi connectivity index (χ1v) is 9.87. The number of guanidine groups is 1. The molecule has 0 aliphatic carbocycles. The van der Waals surface area contributed by atoms with E-state index in [-0.39, 0.29) is 0 Å². The van der Waals surface area contributed by atoms with Crippen molar-refractivity contribution in [2.45, 2.75) is 38.8 Å². The van der Waals surface area contributed by atoms with E-state index in [2.05, 4.69) is 20.5 Å². The van der Waals surface area contributed by atoms with Crippen LogP contribution in [0.25, 0.3) is 0 Å². The topological polar surface area (TPSA) is 52.8 Å². The molecule has 1 aromatic heterocycles. The standard InChI is InChI=1S/C21H28F2N4O/c1-2-24-21(25-10-7-18-4-3-13-28-18)26-17-8-11-27(12-9-17)15-16-5-6-19(22)20(23)14-16/h3-6,13-14,17H,2,7-12,15H2,1H3,(H2,24,25,26). The third-order valence-corrected chi connectivity index (χ3v) is 4.87. The van der Waals surface area contributed by atoms with E-state index in [1.54, 1.807) is 12.3 Å². The largest absolute Gasteiger partial charge is 0.469 e. The SMILES string of the molecule is CCNC(=NCCc1ccco1)NC1CCN(Cc2ccc(F)c(F)c2)CC1. The number of hydrogen-bond donors (Lipinski definition) is 2. The highest BCUT2D eigenvalue weighted by atomic mass is 19.2. The zero-order valence-corrected chi connectivity index (χ0v) is 16.3. The van der Waals surface area contributed by atoms with E-state index in [0.29, 0.717) is 19.1 Å². The Morgan fingerprint density at radius 1 is 1.21 bits per heavy atom. The number of furan rings is 1. The lowest BCUT2D eigenvalue weighted by Crippen LogP contribution is -2.48. The second-order valence-corrected chi connectivity index (χ2v) is 7.03. The van der Waals surface area contributed by atoms with Gasteiger partial charge in [-0.2, -0.15) is 0 Å². The summed E-state index contributed by atoms with van der Waals surface area (Å²) in [6, 6.07) is 8.32. The third kappa shape index (κ3) is 6.05. The highest BCUT2D eigenvalue weighted by Crippen LogP contribution is 2.16. The molecule has 7 heteroatoms. The number of aliphatic imine (C=N–C) groups is 1. The highest BCUT2D eigenvalue weighted by Gasteiger charge is 2.20. The van der Waals surface area contributed by atoms with Gasteiger partial charge in [-0.25, -0.2) is 8.78 Å². The maximum absolute atomic E-state index is 13.4. The number of likely N-dealkylation sites (tertiary alicyclic amines) is 1. The average molecular weight is 390 g/mol. The summed E-state index contributed by atoms with van der Waals surface area (Å²) < 4.78 is 31.8. The summed E-state index contributed by atoms with van der Waals surface area (Å²) in [5.74, 6) is 0.183. The van der Waals surface area contributed by atoms with Crippen molar-refractivity contribution >= 4 is 5.96 Å². The molecule has 1 aliphatic rings. The lowest BCUT2D eigenvalue weighted by molar-refractivity contribution is 0.198. The Morgan fingerprint density at radius 3 is 2.71 bits per heavy atom. The van der Waals surface area contributed by atoms with Crippen LogP contribution in [0.1, 0.15) is 31.1 Å². The minimum absolute atomic E-state index is 0.350. The van der Waals surface area contributed by atoms with Gasteiger partial charge in [-0.1, -0.05) is 6.07 Å². The number of piperidine rings is 1. The number of rotatable bonds is 7. The molecule has 0 unspecified atom stereocenters. The van der Waals surface area contributed by atoms with Crippen LogP contribution in [0.5, 0.6) is 0 Å². The molecule has 0 radical (unpaired) electrons. The first-order chi connectivity index (χ1) is 13.6. The predicted octanol–water partition coefficient (Wildman–Crippen LogP) is 3.32. The van der Waals surface area contributed by atoms with Crippen molar-refractivity contribution in [3.8, 4) is 0 Å². The van der Waals surface area contributed by atoms with E-state index < -0.39 is 11.6 Å². The first kappa shape index (κ1) is 20.3. The molecule has 1 aromatic carbocycles. The van der Waals surface area contributed by atoms with Crippen LogP contribution >= 0.6 is 0 Å². The molecule has 0 bridgehead atoms. The molecule has 0 atom stereocenters. The van der Waals surface area contributed by atoms with Gasteiger partial charge in [-0.05, 0) is 49.6 Å². The lowest BCUT2D eigenvalue weighted by Gasteiger charge is -2.33. The molecule has 2 N–H and O–H groups in total. The quantitative estimate of drug-likeness (QED) is 0.563. The number of halogens is 2. The zero-order chi connectivity index (χ0) is 19.8. The van der Waals surface area contributed by atoms with Crippen LogP contribution < -0.4 is 10.6 Å². The van der Waals surface area contributed by atoms with E-state index in [9.17, 15) is 8.78 Å². The van der Waals surface area contributed by atoms with Crippen molar-refractivity contribution in [3.05, 3.63) is 59.6 Å². The van der Waals surface area contributed by atoms with E-state index in [1.807, 2.05) is 19.1 Å². The van der Waals surface area contributed by atoms with Crippen LogP contribution in [-0.4, -0.2) is 43.1 Å². The molecular weight excluding hydrogens is 362 g/mol. The van der Waals surface area contributed by atoms with Gasteiger partial charge >= 0.3 is 0 Å². The van der Waals surface area contributed by atoms with Gasteiger partial charge in [0.15, 0.2) is 17.6 Å². The molecule has 5 nitrogen and oxygen atoms in total. The number of benzene rings is 1. The molecule has 2 aromatic rings. The van der Waals surface area contributed by atoms with Crippen molar-refractivity contribution in [2.75, 3.05) is 26.2 Å². The molecule has 0 amide bonds. The minimum atomic E-state index is -0.797. The molecular formula is C21H28F2N4O. The summed E-state index contributed by atoms with van der Waals surface area (Å²) in [5.41, 5.74) is 0.804. The van der Waals surface area contributed by atoms with Crippen molar-refractivity contribution < 1.29 is 13.2 Å². The summed E-state index contributed by atoms with van der Waals surface area (Å²) in [6.07, 6.45) is 4.41. The normalized spacial score (nSPS) is 16.3. The number of nitrogens with zero attached hydrogens (tertiary/aromatic N) is 2. The van der Waals surface area contributed by atoms with Crippen LogP contribution in [0.4, 0.5) is 8.78 Å². The Kier molecular flexibility index (Phi) is 7.42. The van der Waals surface area contributed by atoms with Crippen molar-refractivity contribution in [3.63, 3.8) is 0 Å². The maximum atomic E-state index is 13.4. The predicted molar refractivity (Wildman–Crippen MR) is 106 cm³/mol. The average Bonchev–Trinajstić information content (AvgIpc) is 3.20. The van der Waals surface area contributed by atoms with Gasteiger partial charge < -0.3 is 15.1 Å². The number of hydrogen-bond acceptors (Lipinski definition) is 3. The minimum Gasteiger partial charge on any atom is -0.469 e. The van der Waals surface area contributed by atoms with Gasteiger partial charge in [0.1, 0.15) is 5.76 Å². The smallest absolute Gasteiger partial charge is 0.191 e. The van der Waals surface area contributed by atoms with Crippen LogP contribution in [0, 0.1) is 11.6 Å². The Bertz CT molecular complexity index is 756. The summed E-state index contributed by atoms with van der Waals surface area (Å²) >= 11 is 0. The van der Waals surface area contributed by atoms with Crippen molar-refractivity contribution in [2.24, 2.45) is 4.99 Å². The monoisotopic (exact) mass is 390 g/mol. The first-order valence-electron chi connectivity index (χ1n) is 9.87. The molecule has 2 heterocycles. The van der Waals surface area contributed by atoms with Crippen molar-refractivity contribution in [1.29, 1.82) is 0 Å². The molecule has 0 saturated carbocycles. The van der Waals surface area contributed by atoms with Gasteiger partial charge in [0, 0.05) is 45.2 Å². The molecule has 3 rings (SSSR count). The fourth-order valence-corrected chi connectivity index (χ4v) is 3.38. The van der Waals surface area contributed by atoms with Crippen LogP contribution in [0.2, 0.25) is 0 Å². The van der Waals surface area contributed by atoms with E-state index in [4.69, 9.17) is 4.42 Å². The Balaban J connectivity index is 1.45. The number of nitrogens with one attached hydrogen (secondary N) is 2. The summed E-state index contributed by atoms with van der Waals surface area (Å²) in [5, 5.41) is 6.80. The summed E-state index contributed by atoms with van der Waals surface area (Å²) in [6.45, 7) is 5.97. The second-order valence-electron chi connectivity index (χ2n) is 7.03. The van der Waals surface area contributed by atoms with E-state index in [1.165, 1.54) is 12.1 Å². The summed E-state index contributed by atoms with van der Waals surface area (Å²) in [7, 11) is 0. The van der Waals surface area contributed by atoms with Crippen molar-refractivity contribution in [1.82, 2.24) is 15.5 Å². The maximum Gasteiger partial charge on any atom is 0.191 e. The van der Waals surface area contributed by atoms with E-state index in [0.717, 1.165) is 56.2 Å². The molecule has 1 aliphatic heterocycles. The van der Waals surface area contributed by atoms with Crippen LogP contribution in [0.15, 0.2) is 46.0 Å². The van der Waals surface area contributed by atoms with Gasteiger partial charge in [0.05, 0.1) is 6.26 Å². The molecule has 1 saturated heterocycles. The van der Waals surface area contributed by atoms with E-state index >= 15 is 0 Å². The van der Waals surface area contributed by atoms with Gasteiger partial charge in [-0.15, -0.1) is 0 Å². The van der Waals surface area contributed by atoms with Gasteiger partial charge in [0.2, 0.25) is 0 Å². The Morgan fingerprint density at radius 2 is 2.04 bits per heavy atom. The molecule has 152 valence electrons. The third-order valence-electron chi connectivity index (χ3n) is 4.87. The fraction of sp³-hybridized carbons (Fsp3) is 0.476. The van der Waals surface area contributed by atoms with Crippen LogP contribution in [-0.2, 0) is 13.0 Å². The van der Waals surface area contributed by atoms with Gasteiger partial charge in [-0.3, -0.25) is 9.89 Å². The Hall–Kier alpha value is -2.41. The Labute approximate surface area is 164 Å². The molecule has 28 heavy (non-hydrogen) atoms. The second kappa shape index (κ2) is 10.2. The molecule has 1 fully saturated rings. The molecule has 0 spiro atoms. The van der Waals surface area contributed by atoms with Gasteiger partial charge in [0.25, 0.3) is 0 Å². The highest BCUT2D eigenvalue weighted by molar-refractivity contribution is 5.80. The fourth-order valence-electron chi connectivity index (χ4n) is 3.38. The lowest BCUT2D eigenvalue weighted by atomic mass is 10.0. The summed E-state index contributed by atoms with van der Waals surface area (Å²) in [4.78, 5) is 6.90. The zero-order valence-electron chi connectivity index (χ0n) is 16.3. The van der Waals surface area contributed by atoms with Crippen LogP contribution in [0.3, 0.4) is 0 Å².